The van der Waals surface area contributed by atoms with Crippen LogP contribution in [-0.2, 0) is 9.63 Å². The van der Waals surface area contributed by atoms with Gasteiger partial charge in [0, 0.05) is 6.92 Å². The van der Waals surface area contributed by atoms with Crippen LogP contribution in [0.5, 0.6) is 0 Å². The van der Waals surface area contributed by atoms with Gasteiger partial charge in [0.25, 0.3) is 0 Å². The second-order valence-corrected chi connectivity index (χ2v) is 3.04. The summed E-state index contributed by atoms with van der Waals surface area (Å²) >= 11 is 0. The van der Waals surface area contributed by atoms with Gasteiger partial charge in [-0.05, 0) is 12.1 Å². The third-order valence-corrected chi connectivity index (χ3v) is 1.63. The average Bonchev–Trinajstić information content (AvgIpc) is 2.17. The van der Waals surface area contributed by atoms with E-state index in [4.69, 9.17) is 0 Å². The Balaban J connectivity index is 2.74. The third kappa shape index (κ3) is 3.90. The van der Waals surface area contributed by atoms with Crippen LogP contribution in [-0.4, -0.2) is 18.7 Å². The molecule has 0 saturated heterocycles. The van der Waals surface area contributed by atoms with Gasteiger partial charge in [-0.1, -0.05) is 18.2 Å². The Hall–Kier alpha value is -1.56. The molecule has 0 unspecified atom stereocenters. The normalized spacial score (nSPS) is 11.2. The number of hydroxylamine groups is 1. The van der Waals surface area contributed by atoms with Crippen LogP contribution in [0.4, 0.5) is 18.9 Å². The van der Waals surface area contributed by atoms with Gasteiger partial charge in [0.15, 0.2) is 6.61 Å². The molecule has 1 rings (SSSR count). The fraction of sp³-hybridized carbons (Fsp3) is 0.300. The lowest BCUT2D eigenvalue weighted by Gasteiger charge is -2.20. The zero-order chi connectivity index (χ0) is 12.2. The maximum absolute atomic E-state index is 11.9. The van der Waals surface area contributed by atoms with E-state index in [0.717, 1.165) is 6.92 Å². The molecule has 0 spiro atoms. The lowest BCUT2D eigenvalue weighted by Crippen LogP contribution is -2.33. The Morgan fingerprint density at radius 1 is 1.31 bits per heavy atom. The number of amides is 1. The largest absolute Gasteiger partial charge is 0.414 e. The first-order valence-corrected chi connectivity index (χ1v) is 4.45. The second kappa shape index (κ2) is 4.98. The number of alkyl halides is 3. The van der Waals surface area contributed by atoms with Crippen molar-refractivity contribution in [2.75, 3.05) is 11.7 Å². The molecular formula is C10H10F3NO2. The molecule has 1 amide bonds. The van der Waals surface area contributed by atoms with Gasteiger partial charge in [0.2, 0.25) is 5.91 Å². The number of rotatable bonds is 3. The van der Waals surface area contributed by atoms with Crippen LogP contribution in [0.2, 0.25) is 0 Å². The van der Waals surface area contributed by atoms with Crippen molar-refractivity contribution in [1.82, 2.24) is 0 Å². The van der Waals surface area contributed by atoms with E-state index in [1.165, 1.54) is 12.1 Å². The highest BCUT2D eigenvalue weighted by molar-refractivity contribution is 5.89. The van der Waals surface area contributed by atoms with E-state index in [1.54, 1.807) is 18.2 Å². The predicted molar refractivity (Wildman–Crippen MR) is 51.6 cm³/mol. The van der Waals surface area contributed by atoms with Crippen LogP contribution in [0.1, 0.15) is 6.92 Å². The van der Waals surface area contributed by atoms with Gasteiger partial charge in [-0.2, -0.15) is 18.2 Å². The van der Waals surface area contributed by atoms with Gasteiger partial charge in [0.1, 0.15) is 0 Å². The molecule has 16 heavy (non-hydrogen) atoms. The summed E-state index contributed by atoms with van der Waals surface area (Å²) in [6.45, 7) is -0.370. The van der Waals surface area contributed by atoms with Crippen LogP contribution in [0.15, 0.2) is 30.3 Å². The van der Waals surface area contributed by atoms with Crippen molar-refractivity contribution in [3.8, 4) is 0 Å². The molecule has 0 N–H and O–H groups in total. The van der Waals surface area contributed by atoms with E-state index in [-0.39, 0.29) is 5.69 Å². The maximum Gasteiger partial charge on any atom is 0.414 e. The first-order valence-electron chi connectivity index (χ1n) is 4.45. The van der Waals surface area contributed by atoms with Gasteiger partial charge in [-0.25, -0.2) is 0 Å². The summed E-state index contributed by atoms with van der Waals surface area (Å²) in [6.07, 6.45) is -4.47. The van der Waals surface area contributed by atoms with E-state index < -0.39 is 18.7 Å². The number of anilines is 1. The minimum atomic E-state index is -4.47. The average molecular weight is 233 g/mol. The first kappa shape index (κ1) is 12.5. The summed E-state index contributed by atoms with van der Waals surface area (Å²) in [4.78, 5) is 15.5. The van der Waals surface area contributed by atoms with E-state index in [2.05, 4.69) is 4.84 Å². The first-order chi connectivity index (χ1) is 7.40. The van der Waals surface area contributed by atoms with Gasteiger partial charge >= 0.3 is 6.18 Å². The molecule has 0 aliphatic rings. The van der Waals surface area contributed by atoms with E-state index in [9.17, 15) is 18.0 Å². The molecule has 6 heteroatoms. The maximum atomic E-state index is 11.9. The smallest absolute Gasteiger partial charge is 0.273 e. The molecule has 88 valence electrons. The molecule has 0 radical (unpaired) electrons. The van der Waals surface area contributed by atoms with Crippen molar-refractivity contribution >= 4 is 11.6 Å². The minimum Gasteiger partial charge on any atom is -0.273 e. The van der Waals surface area contributed by atoms with Gasteiger partial charge in [-0.15, -0.1) is 0 Å². The van der Waals surface area contributed by atoms with Gasteiger partial charge < -0.3 is 0 Å². The van der Waals surface area contributed by atoms with Crippen molar-refractivity contribution in [2.45, 2.75) is 13.1 Å². The monoisotopic (exact) mass is 233 g/mol. The van der Waals surface area contributed by atoms with Crippen molar-refractivity contribution in [3.05, 3.63) is 30.3 Å². The molecule has 0 aromatic heterocycles. The summed E-state index contributed by atoms with van der Waals surface area (Å²) < 4.78 is 35.8. The lowest BCUT2D eigenvalue weighted by atomic mass is 10.3. The van der Waals surface area contributed by atoms with Crippen molar-refractivity contribution in [2.24, 2.45) is 0 Å². The number of halogens is 3. The summed E-state index contributed by atoms with van der Waals surface area (Å²) in [5, 5.41) is 0.619. The SMILES string of the molecule is CC(=O)N(OCC(F)(F)F)c1ccccc1. The van der Waals surface area contributed by atoms with Gasteiger partial charge in [0.05, 0.1) is 5.69 Å². The van der Waals surface area contributed by atoms with Crippen LogP contribution in [0.25, 0.3) is 0 Å². The molecule has 1 aromatic carbocycles. The topological polar surface area (TPSA) is 29.5 Å². The molecule has 1 aromatic rings. The fourth-order valence-corrected chi connectivity index (χ4v) is 1.05. The third-order valence-electron chi connectivity index (χ3n) is 1.63. The number of para-hydroxylation sites is 1. The second-order valence-electron chi connectivity index (χ2n) is 3.04. The number of carbonyl (C=O) groups is 1. The zero-order valence-electron chi connectivity index (χ0n) is 8.49. The summed E-state index contributed by atoms with van der Waals surface area (Å²) in [5.41, 5.74) is 0.263. The Morgan fingerprint density at radius 3 is 2.31 bits per heavy atom. The van der Waals surface area contributed by atoms with Crippen molar-refractivity contribution < 1.29 is 22.8 Å². The Bertz CT molecular complexity index is 351. The highest BCUT2D eigenvalue weighted by Gasteiger charge is 2.30. The molecule has 0 bridgehead atoms. The quantitative estimate of drug-likeness (QED) is 0.751. The number of benzene rings is 1. The Labute approximate surface area is 90.4 Å². The number of hydrogen-bond donors (Lipinski definition) is 0. The highest BCUT2D eigenvalue weighted by Crippen LogP contribution is 2.19. The molecule has 3 nitrogen and oxygen atoms in total. The van der Waals surface area contributed by atoms with Crippen LogP contribution < -0.4 is 5.06 Å². The minimum absolute atomic E-state index is 0.263. The van der Waals surface area contributed by atoms with Crippen LogP contribution in [0.3, 0.4) is 0 Å². The molecule has 0 aliphatic heterocycles. The molecule has 0 heterocycles. The molecular weight excluding hydrogens is 223 g/mol. The van der Waals surface area contributed by atoms with Gasteiger partial charge in [-0.3, -0.25) is 9.63 Å². The standard InChI is InChI=1S/C10H10F3NO2/c1-8(15)14(16-7-10(11,12)13)9-5-3-2-4-6-9/h2-6H,7H2,1H3. The molecule has 0 aliphatic carbocycles. The Kier molecular flexibility index (Phi) is 3.89. The predicted octanol–water partition coefficient (Wildman–Crippen LogP) is 2.53. The lowest BCUT2D eigenvalue weighted by molar-refractivity contribution is -0.179. The molecule has 0 fully saturated rings. The summed E-state index contributed by atoms with van der Waals surface area (Å²) in [5.74, 6) is -0.615. The highest BCUT2D eigenvalue weighted by atomic mass is 19.4. The van der Waals surface area contributed by atoms with Crippen LogP contribution >= 0.6 is 0 Å². The van der Waals surface area contributed by atoms with E-state index in [0.29, 0.717) is 5.06 Å². The van der Waals surface area contributed by atoms with Crippen LogP contribution in [0, 0.1) is 0 Å². The van der Waals surface area contributed by atoms with E-state index in [1.807, 2.05) is 0 Å². The molecule has 0 atom stereocenters. The van der Waals surface area contributed by atoms with Crippen molar-refractivity contribution in [3.63, 3.8) is 0 Å². The molecule has 0 saturated carbocycles. The van der Waals surface area contributed by atoms with E-state index >= 15 is 0 Å². The fourth-order valence-electron chi connectivity index (χ4n) is 1.05. The Morgan fingerprint density at radius 2 is 1.88 bits per heavy atom. The van der Waals surface area contributed by atoms with Crippen molar-refractivity contribution in [1.29, 1.82) is 0 Å². The number of hydrogen-bond acceptors (Lipinski definition) is 2. The number of nitrogens with zero attached hydrogens (tertiary/aromatic N) is 1. The zero-order valence-corrected chi connectivity index (χ0v) is 8.49. The summed E-state index contributed by atoms with van der Waals surface area (Å²) in [6, 6.07) is 7.85. The number of carbonyl (C=O) groups excluding carboxylic acids is 1. The summed E-state index contributed by atoms with van der Waals surface area (Å²) in [7, 11) is 0.